The fourth-order valence-corrected chi connectivity index (χ4v) is 4.00. The lowest BCUT2D eigenvalue weighted by atomic mass is 10.2. The van der Waals surface area contributed by atoms with E-state index in [4.69, 9.17) is 11.6 Å². The van der Waals surface area contributed by atoms with E-state index in [9.17, 15) is 18.8 Å². The van der Waals surface area contributed by atoms with Crippen LogP contribution in [-0.2, 0) is 4.79 Å². The Morgan fingerprint density at radius 2 is 1.79 bits per heavy atom. The Morgan fingerprint density at radius 1 is 1.10 bits per heavy atom. The van der Waals surface area contributed by atoms with E-state index in [-0.39, 0.29) is 22.0 Å². The molecule has 1 fully saturated rings. The van der Waals surface area contributed by atoms with Gasteiger partial charge in [-0.3, -0.25) is 14.2 Å². The maximum Gasteiger partial charge on any atom is 0.336 e. The number of carbonyl (C=O) groups excluding carboxylic acids is 1. The van der Waals surface area contributed by atoms with Crippen LogP contribution in [0.25, 0.3) is 16.6 Å². The van der Waals surface area contributed by atoms with Gasteiger partial charge in [0, 0.05) is 13.1 Å². The summed E-state index contributed by atoms with van der Waals surface area (Å²) in [5, 5.41) is 0.0864. The maximum absolute atomic E-state index is 13.6. The van der Waals surface area contributed by atoms with E-state index >= 15 is 0 Å². The first-order chi connectivity index (χ1) is 13.9. The molecule has 0 bridgehead atoms. The molecule has 3 aromatic rings. The van der Waals surface area contributed by atoms with Crippen LogP contribution < -0.4 is 11.2 Å². The van der Waals surface area contributed by atoms with E-state index in [1.165, 1.54) is 16.7 Å². The van der Waals surface area contributed by atoms with Crippen molar-refractivity contribution in [1.82, 2.24) is 14.0 Å². The van der Waals surface area contributed by atoms with Gasteiger partial charge in [-0.05, 0) is 50.1 Å². The van der Waals surface area contributed by atoms with Gasteiger partial charge >= 0.3 is 5.69 Å². The van der Waals surface area contributed by atoms with Gasteiger partial charge in [0.25, 0.3) is 5.56 Å². The second-order valence-corrected chi connectivity index (χ2v) is 7.52. The second-order valence-electron chi connectivity index (χ2n) is 7.12. The largest absolute Gasteiger partial charge is 0.341 e. The molecule has 4 rings (SSSR count). The van der Waals surface area contributed by atoms with Crippen molar-refractivity contribution in [3.05, 3.63) is 74.1 Å². The molecule has 1 saturated heterocycles. The van der Waals surface area contributed by atoms with Crippen LogP contribution in [0.1, 0.15) is 25.8 Å². The van der Waals surface area contributed by atoms with Gasteiger partial charge in [0.05, 0.1) is 21.6 Å². The number of likely N-dealkylation sites (tertiary alicyclic amines) is 1. The first kappa shape index (κ1) is 19.4. The van der Waals surface area contributed by atoms with Crippen molar-refractivity contribution in [2.75, 3.05) is 13.1 Å². The average molecular weight is 416 g/mol. The minimum Gasteiger partial charge on any atom is -0.341 e. The zero-order chi connectivity index (χ0) is 20.7. The summed E-state index contributed by atoms with van der Waals surface area (Å²) < 4.78 is 15.9. The van der Waals surface area contributed by atoms with Crippen LogP contribution in [0.5, 0.6) is 0 Å². The van der Waals surface area contributed by atoms with Gasteiger partial charge in [-0.1, -0.05) is 23.7 Å². The lowest BCUT2D eigenvalue weighted by Gasteiger charge is -2.24. The molecule has 0 aliphatic carbocycles. The van der Waals surface area contributed by atoms with Gasteiger partial charge in [0.1, 0.15) is 11.9 Å². The SMILES string of the molecule is C[C@@H](C(=O)N1CCCC1)n1c(=O)n(-c2ccc(F)c(Cl)c2)c(=O)c2ccccc21. The molecular formula is C21H19ClFN3O3. The van der Waals surface area contributed by atoms with Crippen LogP contribution in [0.3, 0.4) is 0 Å². The van der Waals surface area contributed by atoms with Crippen molar-refractivity contribution >= 4 is 28.4 Å². The first-order valence-corrected chi connectivity index (χ1v) is 9.78. The lowest BCUT2D eigenvalue weighted by Crippen LogP contribution is -2.44. The smallest absolute Gasteiger partial charge is 0.336 e. The zero-order valence-corrected chi connectivity index (χ0v) is 16.5. The molecule has 1 atom stereocenters. The van der Waals surface area contributed by atoms with E-state index in [1.54, 1.807) is 36.1 Å². The number of halogens is 2. The number of rotatable bonds is 3. The van der Waals surface area contributed by atoms with Gasteiger partial charge in [-0.25, -0.2) is 13.8 Å². The minimum atomic E-state index is -0.798. The van der Waals surface area contributed by atoms with Crippen molar-refractivity contribution in [1.29, 1.82) is 0 Å². The van der Waals surface area contributed by atoms with E-state index in [0.29, 0.717) is 18.6 Å². The fraction of sp³-hybridized carbons (Fsp3) is 0.286. The highest BCUT2D eigenvalue weighted by Gasteiger charge is 2.28. The molecule has 150 valence electrons. The summed E-state index contributed by atoms with van der Waals surface area (Å²) in [6.07, 6.45) is 1.86. The van der Waals surface area contributed by atoms with E-state index in [2.05, 4.69) is 0 Å². The van der Waals surface area contributed by atoms with Gasteiger partial charge in [-0.15, -0.1) is 0 Å². The number of amides is 1. The maximum atomic E-state index is 13.6. The molecule has 0 saturated carbocycles. The summed E-state index contributed by atoms with van der Waals surface area (Å²) in [6, 6.07) is 9.49. The van der Waals surface area contributed by atoms with Crippen LogP contribution >= 0.6 is 11.6 Å². The van der Waals surface area contributed by atoms with E-state index in [0.717, 1.165) is 23.5 Å². The van der Waals surface area contributed by atoms with Gasteiger partial charge < -0.3 is 4.90 Å². The molecular weight excluding hydrogens is 397 g/mol. The van der Waals surface area contributed by atoms with Crippen LogP contribution in [0.15, 0.2) is 52.1 Å². The van der Waals surface area contributed by atoms with Gasteiger partial charge in [0.2, 0.25) is 5.91 Å². The number of carbonyl (C=O) groups is 1. The van der Waals surface area contributed by atoms with Crippen LogP contribution in [-0.4, -0.2) is 33.0 Å². The number of benzene rings is 2. The highest BCUT2D eigenvalue weighted by molar-refractivity contribution is 6.30. The summed E-state index contributed by atoms with van der Waals surface area (Å²) >= 11 is 5.87. The molecule has 0 spiro atoms. The molecule has 6 nitrogen and oxygen atoms in total. The molecule has 0 unspecified atom stereocenters. The molecule has 8 heteroatoms. The standard InChI is InChI=1S/C21H19ClFN3O3/c1-13(19(27)24-10-4-5-11-24)25-18-7-3-2-6-15(18)20(28)26(21(25)29)14-8-9-17(23)16(22)12-14/h2-3,6-9,12-13H,4-5,10-11H2,1H3/t13-/m0/s1. The van der Waals surface area contributed by atoms with Gasteiger partial charge in [0.15, 0.2) is 0 Å². The monoisotopic (exact) mass is 415 g/mol. The number of aromatic nitrogens is 2. The Hall–Kier alpha value is -2.93. The highest BCUT2D eigenvalue weighted by Crippen LogP contribution is 2.21. The molecule has 1 aliphatic heterocycles. The van der Waals surface area contributed by atoms with Crippen molar-refractivity contribution in [2.24, 2.45) is 0 Å². The van der Waals surface area contributed by atoms with Crippen molar-refractivity contribution in [2.45, 2.75) is 25.8 Å². The van der Waals surface area contributed by atoms with Crippen molar-refractivity contribution < 1.29 is 9.18 Å². The fourth-order valence-electron chi connectivity index (χ4n) is 3.82. The molecule has 1 aliphatic rings. The Labute approximate surface area is 170 Å². The van der Waals surface area contributed by atoms with Crippen LogP contribution in [0.2, 0.25) is 5.02 Å². The highest BCUT2D eigenvalue weighted by atomic mass is 35.5. The number of hydrogen-bond acceptors (Lipinski definition) is 3. The molecule has 1 amide bonds. The first-order valence-electron chi connectivity index (χ1n) is 9.40. The predicted molar refractivity (Wildman–Crippen MR) is 109 cm³/mol. The third-order valence-corrected chi connectivity index (χ3v) is 5.61. The molecule has 1 aromatic heterocycles. The molecule has 0 N–H and O–H groups in total. The Kier molecular flexibility index (Phi) is 5.00. The summed E-state index contributed by atoms with van der Waals surface area (Å²) in [7, 11) is 0. The van der Waals surface area contributed by atoms with E-state index < -0.39 is 23.1 Å². The van der Waals surface area contributed by atoms with Crippen molar-refractivity contribution in [3.63, 3.8) is 0 Å². The summed E-state index contributed by atoms with van der Waals surface area (Å²) in [6.45, 7) is 2.97. The number of para-hydroxylation sites is 1. The number of hydrogen-bond donors (Lipinski definition) is 0. The Morgan fingerprint density at radius 3 is 2.48 bits per heavy atom. The Bertz CT molecular complexity index is 1230. The van der Waals surface area contributed by atoms with E-state index in [1.807, 2.05) is 0 Å². The van der Waals surface area contributed by atoms with Crippen molar-refractivity contribution in [3.8, 4) is 5.69 Å². The summed E-state index contributed by atoms with van der Waals surface area (Å²) in [5.74, 6) is -0.820. The van der Waals surface area contributed by atoms with Gasteiger partial charge in [-0.2, -0.15) is 0 Å². The molecule has 29 heavy (non-hydrogen) atoms. The zero-order valence-electron chi connectivity index (χ0n) is 15.8. The minimum absolute atomic E-state index is 0.145. The third-order valence-electron chi connectivity index (χ3n) is 5.32. The molecule has 2 heterocycles. The number of fused-ring (bicyclic) bond motifs is 1. The third kappa shape index (κ3) is 3.25. The number of nitrogens with zero attached hydrogens (tertiary/aromatic N) is 3. The quantitative estimate of drug-likeness (QED) is 0.660. The lowest BCUT2D eigenvalue weighted by molar-refractivity contribution is -0.133. The summed E-state index contributed by atoms with van der Waals surface area (Å²) in [5.41, 5.74) is -0.694. The normalized spacial score (nSPS) is 15.1. The molecule has 2 aromatic carbocycles. The van der Waals surface area contributed by atoms with Crippen LogP contribution in [0.4, 0.5) is 4.39 Å². The molecule has 0 radical (unpaired) electrons. The van der Waals surface area contributed by atoms with Crippen LogP contribution in [0, 0.1) is 5.82 Å². The second kappa shape index (κ2) is 7.48. The predicted octanol–water partition coefficient (Wildman–Crippen LogP) is 3.13. The topological polar surface area (TPSA) is 64.3 Å². The Balaban J connectivity index is 1.99. The average Bonchev–Trinajstić information content (AvgIpc) is 3.25. The summed E-state index contributed by atoms with van der Waals surface area (Å²) in [4.78, 5) is 41.2.